The second-order valence-corrected chi connectivity index (χ2v) is 12.4. The summed E-state index contributed by atoms with van der Waals surface area (Å²) in [6, 6.07) is 8.04. The molecule has 47 heavy (non-hydrogen) atoms. The first kappa shape index (κ1) is 32.7. The van der Waals surface area contributed by atoms with E-state index >= 15 is 4.39 Å². The summed E-state index contributed by atoms with van der Waals surface area (Å²) in [6.45, 7) is 10.9. The molecule has 3 aromatic carbocycles. The van der Waals surface area contributed by atoms with Crippen LogP contribution in [0.5, 0.6) is 6.01 Å². The molecule has 4 aromatic rings. The number of fused-ring (bicyclic) bond motifs is 2. The van der Waals surface area contributed by atoms with Crippen LogP contribution < -0.4 is 9.64 Å². The lowest BCUT2D eigenvalue weighted by Crippen LogP contribution is -2.56. The molecule has 1 amide bonds. The average molecular weight is 688 g/mol. The molecule has 2 aliphatic heterocycles. The molecule has 6 rings (SSSR count). The molecule has 3 atom stereocenters. The second kappa shape index (κ2) is 13.1. The van der Waals surface area contributed by atoms with Crippen LogP contribution in [0.25, 0.3) is 37.6 Å². The lowest BCUT2D eigenvalue weighted by atomic mass is 9.96. The van der Waals surface area contributed by atoms with Gasteiger partial charge in [-0.3, -0.25) is 9.69 Å². The maximum atomic E-state index is 16.8. The van der Waals surface area contributed by atoms with Crippen LogP contribution >= 0.6 is 23.2 Å². The molecule has 14 heteroatoms. The Balaban J connectivity index is 1.49. The molecule has 2 fully saturated rings. The van der Waals surface area contributed by atoms with Gasteiger partial charge in [0.25, 0.3) is 5.91 Å². The van der Waals surface area contributed by atoms with Gasteiger partial charge in [0, 0.05) is 48.6 Å². The highest BCUT2D eigenvalue weighted by Crippen LogP contribution is 2.43. The monoisotopic (exact) mass is 686 g/mol. The third-order valence-corrected chi connectivity index (χ3v) is 9.33. The summed E-state index contributed by atoms with van der Waals surface area (Å²) in [6.07, 6.45) is -0.766. The van der Waals surface area contributed by atoms with E-state index in [1.54, 1.807) is 30.1 Å². The fourth-order valence-electron chi connectivity index (χ4n) is 6.34. The van der Waals surface area contributed by atoms with Gasteiger partial charge in [0.2, 0.25) is 6.54 Å². The first-order chi connectivity index (χ1) is 22.5. The zero-order chi connectivity index (χ0) is 33.6. The van der Waals surface area contributed by atoms with Crippen molar-refractivity contribution < 1.29 is 27.1 Å². The number of ether oxygens (including phenoxy) is 1. The Morgan fingerprint density at radius 1 is 1.15 bits per heavy atom. The molecule has 0 saturated carbocycles. The van der Waals surface area contributed by atoms with Crippen molar-refractivity contribution in [1.82, 2.24) is 19.8 Å². The Bertz CT molecular complexity index is 1960. The number of hydrogen-bond donors (Lipinski definition) is 0. The minimum atomic E-state index is -1.14. The first-order valence-corrected chi connectivity index (χ1v) is 15.5. The predicted molar refractivity (Wildman–Crippen MR) is 173 cm³/mol. The molecule has 1 aromatic heterocycles. The number of carbonyl (C=O) groups excluding carboxylic acids is 1. The summed E-state index contributed by atoms with van der Waals surface area (Å²) in [5, 5.41) is 0.824. The van der Waals surface area contributed by atoms with Gasteiger partial charge < -0.3 is 19.4 Å². The first-order valence-electron chi connectivity index (χ1n) is 14.8. The molecule has 0 unspecified atom stereocenters. The van der Waals surface area contributed by atoms with Gasteiger partial charge in [-0.2, -0.15) is 9.97 Å². The van der Waals surface area contributed by atoms with Crippen LogP contribution in [-0.4, -0.2) is 90.3 Å². The third kappa shape index (κ3) is 6.15. The van der Waals surface area contributed by atoms with Gasteiger partial charge in [-0.15, -0.1) is 0 Å². The zero-order valence-corrected chi connectivity index (χ0v) is 26.6. The molecule has 3 heterocycles. The number of alkyl halides is 1. The van der Waals surface area contributed by atoms with E-state index in [0.29, 0.717) is 5.39 Å². The number of aromatic nitrogens is 2. The van der Waals surface area contributed by atoms with E-state index in [-0.39, 0.29) is 101 Å². The summed E-state index contributed by atoms with van der Waals surface area (Å²) < 4.78 is 65.2. The number of likely N-dealkylation sites (N-methyl/N-ethyl adjacent to an activating group) is 1. The van der Waals surface area contributed by atoms with E-state index in [2.05, 4.69) is 21.4 Å². The van der Waals surface area contributed by atoms with E-state index in [1.165, 1.54) is 23.1 Å². The predicted octanol–water partition coefficient (Wildman–Crippen LogP) is 6.88. The molecular formula is C33H28Cl2F4N6O2. The molecule has 2 aliphatic rings. The second-order valence-electron chi connectivity index (χ2n) is 11.6. The van der Waals surface area contributed by atoms with E-state index in [4.69, 9.17) is 34.5 Å². The van der Waals surface area contributed by atoms with Crippen molar-refractivity contribution in [3.05, 3.63) is 81.9 Å². The molecule has 0 N–H and O–H groups in total. The molecule has 0 aliphatic carbocycles. The number of amides is 1. The van der Waals surface area contributed by atoms with Gasteiger partial charge in [0.05, 0.1) is 10.0 Å². The van der Waals surface area contributed by atoms with Crippen molar-refractivity contribution >= 4 is 56.6 Å². The van der Waals surface area contributed by atoms with Crippen molar-refractivity contribution in [3.63, 3.8) is 0 Å². The normalized spacial score (nSPS) is 20.2. The molecule has 0 bridgehead atoms. The Hall–Kier alpha value is -4.18. The number of likely N-dealkylation sites (tertiary alicyclic amines) is 1. The number of nitrogens with zero attached hydrogens (tertiary/aromatic N) is 6. The summed E-state index contributed by atoms with van der Waals surface area (Å²) in [5.41, 5.74) is 0.0252. The number of piperazine rings is 1. The largest absolute Gasteiger partial charge is 0.462 e. The number of rotatable bonds is 7. The Morgan fingerprint density at radius 2 is 1.94 bits per heavy atom. The van der Waals surface area contributed by atoms with Crippen LogP contribution in [0.1, 0.15) is 6.42 Å². The van der Waals surface area contributed by atoms with Crippen molar-refractivity contribution in [2.75, 3.05) is 51.3 Å². The minimum Gasteiger partial charge on any atom is -0.462 e. The van der Waals surface area contributed by atoms with Crippen molar-refractivity contribution in [1.29, 1.82) is 0 Å². The molecular weight excluding hydrogens is 659 g/mol. The van der Waals surface area contributed by atoms with Crippen LogP contribution in [0.3, 0.4) is 0 Å². The lowest BCUT2D eigenvalue weighted by Gasteiger charge is -2.39. The standard InChI is InChI=1S/C33H28Cl2F4N6O2/c1-17(36)32(46)45-10-9-44(15-21(45)13-40-2)31-23-12-24(34)27(22-6-4-5-18-7-8-25(38)28(35)26(18)22)29(39)30(23)41-33(42-31)47-16-20-11-19(37)14-43(20)3/h4-8,12,19-21H,1,9-11,13-16H2,3H3/t19-,20+,21+/m1/s1. The summed E-state index contributed by atoms with van der Waals surface area (Å²) in [4.78, 5) is 29.7. The molecule has 244 valence electrons. The van der Waals surface area contributed by atoms with Crippen LogP contribution in [0, 0.1) is 18.2 Å². The highest BCUT2D eigenvalue weighted by atomic mass is 35.5. The van der Waals surface area contributed by atoms with Crippen molar-refractivity contribution in [2.24, 2.45) is 0 Å². The number of hydrogen-bond acceptors (Lipinski definition) is 6. The zero-order valence-electron chi connectivity index (χ0n) is 25.1. The summed E-state index contributed by atoms with van der Waals surface area (Å²) >= 11 is 13.1. The Morgan fingerprint density at radius 3 is 2.64 bits per heavy atom. The maximum absolute atomic E-state index is 16.8. The van der Waals surface area contributed by atoms with Gasteiger partial charge >= 0.3 is 6.01 Å². The fraction of sp³-hybridized carbons (Fsp3) is 0.333. The number of anilines is 1. The Kier molecular flexibility index (Phi) is 9.16. The van der Waals surface area contributed by atoms with Gasteiger partial charge in [0.15, 0.2) is 11.6 Å². The summed E-state index contributed by atoms with van der Waals surface area (Å²) in [5.74, 6) is -3.36. The van der Waals surface area contributed by atoms with Crippen LogP contribution in [0.4, 0.5) is 23.4 Å². The van der Waals surface area contributed by atoms with Crippen LogP contribution in [0.2, 0.25) is 10.0 Å². The van der Waals surface area contributed by atoms with E-state index in [0.717, 1.165) is 0 Å². The average Bonchev–Trinajstić information content (AvgIpc) is 3.37. The highest BCUT2D eigenvalue weighted by Gasteiger charge is 2.36. The van der Waals surface area contributed by atoms with Gasteiger partial charge in [-0.1, -0.05) is 54.0 Å². The smallest absolute Gasteiger partial charge is 0.319 e. The highest BCUT2D eigenvalue weighted by molar-refractivity contribution is 6.38. The number of halogens is 6. The fourth-order valence-corrected chi connectivity index (χ4v) is 6.91. The van der Waals surface area contributed by atoms with Gasteiger partial charge in [-0.25, -0.2) is 24.1 Å². The third-order valence-electron chi connectivity index (χ3n) is 8.67. The lowest BCUT2D eigenvalue weighted by molar-refractivity contribution is -0.131. The van der Waals surface area contributed by atoms with Crippen molar-refractivity contribution in [3.8, 4) is 17.1 Å². The minimum absolute atomic E-state index is 0.0248. The van der Waals surface area contributed by atoms with E-state index in [9.17, 15) is 18.0 Å². The quantitative estimate of drug-likeness (QED) is 0.120. The topological polar surface area (TPSA) is 66.2 Å². The van der Waals surface area contributed by atoms with Gasteiger partial charge in [0.1, 0.15) is 36.0 Å². The van der Waals surface area contributed by atoms with Crippen molar-refractivity contribution in [2.45, 2.75) is 24.7 Å². The molecule has 8 nitrogen and oxygen atoms in total. The molecule has 2 saturated heterocycles. The number of benzene rings is 3. The Labute approximate surface area is 277 Å². The van der Waals surface area contributed by atoms with Crippen LogP contribution in [-0.2, 0) is 4.79 Å². The van der Waals surface area contributed by atoms with Gasteiger partial charge in [-0.05, 0) is 36.6 Å². The van der Waals surface area contributed by atoms with Crippen LogP contribution in [0.15, 0.2) is 48.8 Å². The molecule has 0 radical (unpaired) electrons. The van der Waals surface area contributed by atoms with E-state index in [1.807, 2.05) is 4.90 Å². The SMILES string of the molecule is [C-]#[N+]C[C@H]1CN(c2nc(OC[C@@H]3C[C@@H](F)CN3C)nc3c(F)c(-c4cccc5ccc(F)c(Cl)c45)c(Cl)cc23)CCN1C(=O)C(=C)F. The molecule has 0 spiro atoms. The van der Waals surface area contributed by atoms with E-state index < -0.39 is 35.6 Å². The number of carbonyl (C=O) groups is 1. The summed E-state index contributed by atoms with van der Waals surface area (Å²) in [7, 11) is 1.77. The maximum Gasteiger partial charge on any atom is 0.319 e.